The lowest BCUT2D eigenvalue weighted by Gasteiger charge is -2.24. The number of anilines is 1. The molecule has 2 heterocycles. The van der Waals surface area contributed by atoms with Crippen molar-refractivity contribution in [2.75, 3.05) is 5.32 Å². The summed E-state index contributed by atoms with van der Waals surface area (Å²) in [5.74, 6) is 0.557. The van der Waals surface area contributed by atoms with Crippen LogP contribution in [0.3, 0.4) is 0 Å². The van der Waals surface area contributed by atoms with Gasteiger partial charge in [0.05, 0.1) is 5.56 Å². The maximum atomic E-state index is 11.2. The van der Waals surface area contributed by atoms with E-state index in [0.717, 1.165) is 19.3 Å². The standard InChI is InChI=1S/C15H16N4O/c1-10(20)12-8-17-15(18-9-12)19-13-4-5-14-11(7-13)3-2-6-16-14/h2-3,6,8-9,13H,4-5,7H2,1H3,(H,17,18,19)/t13-/m1/s1. The first-order valence-corrected chi connectivity index (χ1v) is 6.74. The van der Waals surface area contributed by atoms with Gasteiger partial charge in [-0.15, -0.1) is 0 Å². The molecule has 0 amide bonds. The molecule has 0 fully saturated rings. The second kappa shape index (κ2) is 5.36. The second-order valence-corrected chi connectivity index (χ2v) is 5.04. The van der Waals surface area contributed by atoms with Gasteiger partial charge in [-0.1, -0.05) is 6.07 Å². The minimum Gasteiger partial charge on any atom is -0.351 e. The SMILES string of the molecule is CC(=O)c1cnc(N[C@@H]2CCc3ncccc3C2)nc1. The van der Waals surface area contributed by atoms with Crippen LogP contribution in [0, 0.1) is 0 Å². The Morgan fingerprint density at radius 3 is 2.85 bits per heavy atom. The molecular weight excluding hydrogens is 252 g/mol. The Kier molecular flexibility index (Phi) is 3.41. The van der Waals surface area contributed by atoms with Gasteiger partial charge in [-0.25, -0.2) is 9.97 Å². The smallest absolute Gasteiger partial charge is 0.222 e. The van der Waals surface area contributed by atoms with Gasteiger partial charge in [0.15, 0.2) is 5.78 Å². The molecule has 3 rings (SSSR count). The van der Waals surface area contributed by atoms with Crippen LogP contribution in [0.15, 0.2) is 30.7 Å². The van der Waals surface area contributed by atoms with Gasteiger partial charge in [-0.2, -0.15) is 0 Å². The number of hydrogen-bond acceptors (Lipinski definition) is 5. The van der Waals surface area contributed by atoms with Crippen molar-refractivity contribution in [3.05, 3.63) is 47.5 Å². The van der Waals surface area contributed by atoms with Crippen LogP contribution in [-0.2, 0) is 12.8 Å². The monoisotopic (exact) mass is 268 g/mol. The summed E-state index contributed by atoms with van der Waals surface area (Å²) < 4.78 is 0. The molecule has 0 unspecified atom stereocenters. The van der Waals surface area contributed by atoms with E-state index in [1.807, 2.05) is 12.3 Å². The number of rotatable bonds is 3. The van der Waals surface area contributed by atoms with Gasteiger partial charge in [-0.05, 0) is 37.8 Å². The molecule has 5 nitrogen and oxygen atoms in total. The van der Waals surface area contributed by atoms with Crippen molar-refractivity contribution >= 4 is 11.7 Å². The molecule has 0 aliphatic heterocycles. The van der Waals surface area contributed by atoms with Crippen molar-refractivity contribution in [2.24, 2.45) is 0 Å². The molecular formula is C15H16N4O. The van der Waals surface area contributed by atoms with E-state index in [2.05, 4.69) is 26.3 Å². The van der Waals surface area contributed by atoms with E-state index in [0.29, 0.717) is 17.6 Å². The van der Waals surface area contributed by atoms with E-state index in [4.69, 9.17) is 0 Å². The van der Waals surface area contributed by atoms with Crippen molar-refractivity contribution in [3.63, 3.8) is 0 Å². The van der Waals surface area contributed by atoms with Gasteiger partial charge in [-0.3, -0.25) is 9.78 Å². The molecule has 1 atom stereocenters. The summed E-state index contributed by atoms with van der Waals surface area (Å²) >= 11 is 0. The van der Waals surface area contributed by atoms with Gasteiger partial charge in [0.1, 0.15) is 0 Å². The molecule has 0 radical (unpaired) electrons. The quantitative estimate of drug-likeness (QED) is 0.863. The number of aryl methyl sites for hydroxylation is 1. The number of hydrogen-bond donors (Lipinski definition) is 1. The molecule has 102 valence electrons. The minimum atomic E-state index is -0.0192. The molecule has 1 N–H and O–H groups in total. The van der Waals surface area contributed by atoms with E-state index in [1.54, 1.807) is 12.4 Å². The maximum Gasteiger partial charge on any atom is 0.222 e. The highest BCUT2D eigenvalue weighted by Crippen LogP contribution is 2.21. The third-order valence-corrected chi connectivity index (χ3v) is 3.57. The van der Waals surface area contributed by atoms with Crippen molar-refractivity contribution in [2.45, 2.75) is 32.2 Å². The average Bonchev–Trinajstić information content (AvgIpc) is 2.48. The van der Waals surface area contributed by atoms with E-state index in [1.165, 1.54) is 18.2 Å². The lowest BCUT2D eigenvalue weighted by molar-refractivity contribution is 0.101. The summed E-state index contributed by atoms with van der Waals surface area (Å²) in [5, 5.41) is 3.33. The molecule has 1 aliphatic rings. The van der Waals surface area contributed by atoms with Crippen molar-refractivity contribution in [3.8, 4) is 0 Å². The number of Topliss-reactive ketones (excluding diaryl/α,β-unsaturated/α-hetero) is 1. The van der Waals surface area contributed by atoms with E-state index >= 15 is 0 Å². The number of aromatic nitrogens is 3. The van der Waals surface area contributed by atoms with Crippen LogP contribution in [0.5, 0.6) is 0 Å². The zero-order chi connectivity index (χ0) is 13.9. The number of nitrogens with one attached hydrogen (secondary N) is 1. The van der Waals surface area contributed by atoms with E-state index < -0.39 is 0 Å². The summed E-state index contributed by atoms with van der Waals surface area (Å²) in [4.78, 5) is 24.0. The highest BCUT2D eigenvalue weighted by molar-refractivity contribution is 5.93. The van der Waals surface area contributed by atoms with E-state index in [-0.39, 0.29) is 5.78 Å². The van der Waals surface area contributed by atoms with Crippen LogP contribution < -0.4 is 5.32 Å². The lowest BCUT2D eigenvalue weighted by atomic mass is 9.92. The number of ketones is 1. The van der Waals surface area contributed by atoms with E-state index in [9.17, 15) is 4.79 Å². The normalized spacial score (nSPS) is 17.4. The fraction of sp³-hybridized carbons (Fsp3) is 0.333. The van der Waals surface area contributed by atoms with Crippen LogP contribution in [-0.4, -0.2) is 26.8 Å². The second-order valence-electron chi connectivity index (χ2n) is 5.04. The molecule has 0 saturated heterocycles. The first kappa shape index (κ1) is 12.7. The third kappa shape index (κ3) is 2.66. The van der Waals surface area contributed by atoms with Gasteiger partial charge in [0.25, 0.3) is 0 Å². The summed E-state index contributed by atoms with van der Waals surface area (Å²) in [6.45, 7) is 1.51. The summed E-state index contributed by atoms with van der Waals surface area (Å²) in [7, 11) is 0. The molecule has 0 aromatic carbocycles. The molecule has 5 heteroatoms. The predicted octanol–water partition coefficient (Wildman–Crippen LogP) is 2.04. The largest absolute Gasteiger partial charge is 0.351 e. The zero-order valence-corrected chi connectivity index (χ0v) is 11.3. The Labute approximate surface area is 117 Å². The minimum absolute atomic E-state index is 0.0192. The Morgan fingerprint density at radius 2 is 2.10 bits per heavy atom. The number of carbonyl (C=O) groups is 1. The topological polar surface area (TPSA) is 67.8 Å². The number of fused-ring (bicyclic) bond motifs is 1. The van der Waals surface area contributed by atoms with Crippen LogP contribution in [0.1, 0.15) is 35.0 Å². The fourth-order valence-electron chi connectivity index (χ4n) is 2.45. The van der Waals surface area contributed by atoms with Crippen LogP contribution >= 0.6 is 0 Å². The zero-order valence-electron chi connectivity index (χ0n) is 11.3. The lowest BCUT2D eigenvalue weighted by Crippen LogP contribution is -2.28. The Hall–Kier alpha value is -2.30. The predicted molar refractivity (Wildman–Crippen MR) is 75.7 cm³/mol. The Bertz CT molecular complexity index is 624. The Balaban J connectivity index is 1.69. The van der Waals surface area contributed by atoms with Gasteiger partial charge in [0.2, 0.25) is 5.95 Å². The number of nitrogens with zero attached hydrogens (tertiary/aromatic N) is 3. The Morgan fingerprint density at radius 1 is 1.30 bits per heavy atom. The molecule has 2 aromatic heterocycles. The highest BCUT2D eigenvalue weighted by Gasteiger charge is 2.19. The van der Waals surface area contributed by atoms with Gasteiger partial charge in [0, 0.05) is 30.3 Å². The maximum absolute atomic E-state index is 11.2. The molecule has 0 saturated carbocycles. The van der Waals surface area contributed by atoms with Crippen molar-refractivity contribution in [1.82, 2.24) is 15.0 Å². The summed E-state index contributed by atoms with van der Waals surface area (Å²) in [6, 6.07) is 4.41. The molecule has 20 heavy (non-hydrogen) atoms. The van der Waals surface area contributed by atoms with Gasteiger partial charge < -0.3 is 5.32 Å². The van der Waals surface area contributed by atoms with Crippen LogP contribution in [0.4, 0.5) is 5.95 Å². The van der Waals surface area contributed by atoms with Crippen molar-refractivity contribution < 1.29 is 4.79 Å². The van der Waals surface area contributed by atoms with Crippen LogP contribution in [0.25, 0.3) is 0 Å². The number of pyridine rings is 1. The highest BCUT2D eigenvalue weighted by atomic mass is 16.1. The molecule has 2 aromatic rings. The van der Waals surface area contributed by atoms with Crippen molar-refractivity contribution in [1.29, 1.82) is 0 Å². The average molecular weight is 268 g/mol. The first-order valence-electron chi connectivity index (χ1n) is 6.74. The third-order valence-electron chi connectivity index (χ3n) is 3.57. The first-order chi connectivity index (χ1) is 9.72. The molecule has 0 bridgehead atoms. The molecule has 0 spiro atoms. The summed E-state index contributed by atoms with van der Waals surface area (Å²) in [5.41, 5.74) is 3.02. The van der Waals surface area contributed by atoms with Gasteiger partial charge >= 0.3 is 0 Å². The van der Waals surface area contributed by atoms with Crippen LogP contribution in [0.2, 0.25) is 0 Å². The fourth-order valence-corrected chi connectivity index (χ4v) is 2.45. The molecule has 1 aliphatic carbocycles. The summed E-state index contributed by atoms with van der Waals surface area (Å²) in [6.07, 6.45) is 7.89. The number of carbonyl (C=O) groups excluding carboxylic acids is 1.